The van der Waals surface area contributed by atoms with Gasteiger partial charge in [-0.05, 0) is 62.6 Å². The number of hydrogen-bond acceptors (Lipinski definition) is 4. The summed E-state index contributed by atoms with van der Waals surface area (Å²) < 4.78 is 7.44. The Morgan fingerprint density at radius 3 is 2.67 bits per heavy atom. The van der Waals surface area contributed by atoms with Gasteiger partial charge in [-0.1, -0.05) is 20.8 Å². The third-order valence-electron chi connectivity index (χ3n) is 6.49. The summed E-state index contributed by atoms with van der Waals surface area (Å²) in [6, 6.07) is 3.70. The number of amides is 2. The van der Waals surface area contributed by atoms with E-state index in [9.17, 15) is 14.7 Å². The Hall–Kier alpha value is -2.61. The van der Waals surface area contributed by atoms with Crippen LogP contribution in [0.5, 0.6) is 0 Å². The standard InChI is InChI=1S/C25H38N4O4/c1-16(2)33-12-10-26-23(30)19-7-8-21-20(17(19)3)15-28(27-21)14-18-9-11-29(24(31)32)22(13-18)25(4,5)6/h7-8,15-16,18,22H,9-14H2,1-6H3,(H,26,30)(H,31,32). The van der Waals surface area contributed by atoms with Gasteiger partial charge in [0.1, 0.15) is 0 Å². The van der Waals surface area contributed by atoms with Crippen molar-refractivity contribution in [2.45, 2.75) is 73.1 Å². The molecule has 3 rings (SSSR count). The number of nitrogens with zero attached hydrogens (tertiary/aromatic N) is 3. The minimum absolute atomic E-state index is 0.0181. The first-order chi connectivity index (χ1) is 15.5. The molecule has 0 bridgehead atoms. The highest BCUT2D eigenvalue weighted by Gasteiger charge is 2.38. The number of rotatable bonds is 7. The van der Waals surface area contributed by atoms with Gasteiger partial charge < -0.3 is 20.1 Å². The Kier molecular flexibility index (Phi) is 7.67. The molecule has 8 nitrogen and oxygen atoms in total. The second-order valence-electron chi connectivity index (χ2n) is 10.4. The molecule has 0 spiro atoms. The average Bonchev–Trinajstić information content (AvgIpc) is 3.13. The van der Waals surface area contributed by atoms with Gasteiger partial charge in [0.25, 0.3) is 5.91 Å². The molecule has 8 heteroatoms. The van der Waals surface area contributed by atoms with Crippen molar-refractivity contribution in [1.82, 2.24) is 20.0 Å². The maximum atomic E-state index is 12.6. The van der Waals surface area contributed by atoms with Gasteiger partial charge in [0.15, 0.2) is 0 Å². The number of fused-ring (bicyclic) bond motifs is 1. The van der Waals surface area contributed by atoms with Gasteiger partial charge in [-0.3, -0.25) is 9.48 Å². The van der Waals surface area contributed by atoms with Crippen LogP contribution in [0.15, 0.2) is 18.3 Å². The highest BCUT2D eigenvalue weighted by atomic mass is 16.5. The summed E-state index contributed by atoms with van der Waals surface area (Å²) in [6.07, 6.45) is 2.95. The zero-order valence-electron chi connectivity index (χ0n) is 20.7. The molecule has 2 amide bonds. The normalized spacial score (nSPS) is 19.3. The number of piperidine rings is 1. The number of carboxylic acid groups (broad SMARTS) is 1. The Balaban J connectivity index is 1.71. The molecule has 0 radical (unpaired) electrons. The van der Waals surface area contributed by atoms with E-state index in [0.29, 0.717) is 31.2 Å². The van der Waals surface area contributed by atoms with Crippen LogP contribution in [0.3, 0.4) is 0 Å². The average molecular weight is 459 g/mol. The summed E-state index contributed by atoms with van der Waals surface area (Å²) in [4.78, 5) is 25.9. The minimum atomic E-state index is -0.838. The molecule has 1 aromatic heterocycles. The molecule has 1 aliphatic heterocycles. The van der Waals surface area contributed by atoms with E-state index >= 15 is 0 Å². The molecule has 182 valence electrons. The number of nitrogens with one attached hydrogen (secondary N) is 1. The summed E-state index contributed by atoms with van der Waals surface area (Å²) in [7, 11) is 0. The van der Waals surface area contributed by atoms with Crippen molar-refractivity contribution in [1.29, 1.82) is 0 Å². The van der Waals surface area contributed by atoms with Gasteiger partial charge in [0, 0.05) is 42.8 Å². The SMILES string of the molecule is Cc1c(C(=O)NCCOC(C)C)ccc2nn(CC3CCN(C(=O)O)C(C(C)(C)C)C3)cc12. The second-order valence-corrected chi connectivity index (χ2v) is 10.4. The van der Waals surface area contributed by atoms with Crippen LogP contribution < -0.4 is 5.32 Å². The highest BCUT2D eigenvalue weighted by Crippen LogP contribution is 2.35. The molecule has 1 aliphatic rings. The Bertz CT molecular complexity index is 992. The molecule has 1 saturated heterocycles. The number of ether oxygens (including phenoxy) is 1. The molecule has 2 aromatic rings. The lowest BCUT2D eigenvalue weighted by Gasteiger charge is -2.44. The Labute approximate surface area is 196 Å². The molecule has 2 N–H and O–H groups in total. The van der Waals surface area contributed by atoms with Crippen molar-refractivity contribution in [3.05, 3.63) is 29.5 Å². The van der Waals surface area contributed by atoms with E-state index in [0.717, 1.165) is 35.9 Å². The summed E-state index contributed by atoms with van der Waals surface area (Å²) in [5.74, 6) is 0.242. The molecule has 2 heterocycles. The maximum Gasteiger partial charge on any atom is 0.407 e. The summed E-state index contributed by atoms with van der Waals surface area (Å²) in [5.41, 5.74) is 2.30. The molecular formula is C25H38N4O4. The van der Waals surface area contributed by atoms with E-state index in [4.69, 9.17) is 9.84 Å². The first-order valence-electron chi connectivity index (χ1n) is 11.8. The molecule has 33 heavy (non-hydrogen) atoms. The van der Waals surface area contributed by atoms with Crippen LogP contribution in [-0.4, -0.2) is 63.6 Å². The Morgan fingerprint density at radius 1 is 1.30 bits per heavy atom. The topological polar surface area (TPSA) is 96.7 Å². The van der Waals surface area contributed by atoms with E-state index < -0.39 is 6.09 Å². The van der Waals surface area contributed by atoms with Crippen LogP contribution in [0.2, 0.25) is 0 Å². The van der Waals surface area contributed by atoms with E-state index in [1.165, 1.54) is 0 Å². The van der Waals surface area contributed by atoms with Gasteiger partial charge in [0.2, 0.25) is 0 Å². The first kappa shape index (κ1) is 25.0. The number of aromatic nitrogens is 2. The fourth-order valence-electron chi connectivity index (χ4n) is 4.69. The zero-order valence-corrected chi connectivity index (χ0v) is 20.7. The monoisotopic (exact) mass is 458 g/mol. The predicted molar refractivity (Wildman–Crippen MR) is 129 cm³/mol. The first-order valence-corrected chi connectivity index (χ1v) is 11.8. The van der Waals surface area contributed by atoms with E-state index in [1.807, 2.05) is 43.8 Å². The fraction of sp³-hybridized carbons (Fsp3) is 0.640. The zero-order chi connectivity index (χ0) is 24.3. The number of likely N-dealkylation sites (tertiary alicyclic amines) is 1. The lowest BCUT2D eigenvalue weighted by molar-refractivity contribution is 0.0367. The van der Waals surface area contributed by atoms with Crippen LogP contribution in [0.25, 0.3) is 10.9 Å². The van der Waals surface area contributed by atoms with Crippen LogP contribution in [0.1, 0.15) is 63.4 Å². The molecule has 1 fully saturated rings. The summed E-state index contributed by atoms with van der Waals surface area (Å²) in [5, 5.41) is 18.2. The Morgan fingerprint density at radius 2 is 2.03 bits per heavy atom. The predicted octanol–water partition coefficient (Wildman–Crippen LogP) is 4.30. The molecular weight excluding hydrogens is 420 g/mol. The molecule has 2 atom stereocenters. The van der Waals surface area contributed by atoms with Crippen LogP contribution in [0, 0.1) is 18.3 Å². The van der Waals surface area contributed by atoms with Crippen molar-refractivity contribution in [2.24, 2.45) is 11.3 Å². The van der Waals surface area contributed by atoms with Crippen LogP contribution >= 0.6 is 0 Å². The van der Waals surface area contributed by atoms with E-state index in [2.05, 4.69) is 26.1 Å². The minimum Gasteiger partial charge on any atom is -0.465 e. The van der Waals surface area contributed by atoms with Crippen LogP contribution in [0.4, 0.5) is 4.79 Å². The molecule has 0 aliphatic carbocycles. The lowest BCUT2D eigenvalue weighted by atomic mass is 9.77. The summed E-state index contributed by atoms with van der Waals surface area (Å²) >= 11 is 0. The van der Waals surface area contributed by atoms with Crippen molar-refractivity contribution >= 4 is 22.9 Å². The van der Waals surface area contributed by atoms with Crippen molar-refractivity contribution in [3.8, 4) is 0 Å². The van der Waals surface area contributed by atoms with Crippen molar-refractivity contribution < 1.29 is 19.4 Å². The molecule has 1 aromatic carbocycles. The quantitative estimate of drug-likeness (QED) is 0.603. The van der Waals surface area contributed by atoms with Gasteiger partial charge in [-0.2, -0.15) is 5.10 Å². The van der Waals surface area contributed by atoms with Gasteiger partial charge in [-0.25, -0.2) is 4.79 Å². The largest absolute Gasteiger partial charge is 0.465 e. The highest BCUT2D eigenvalue weighted by molar-refractivity contribution is 6.00. The number of carbonyl (C=O) groups is 2. The maximum absolute atomic E-state index is 12.6. The van der Waals surface area contributed by atoms with Gasteiger partial charge in [-0.15, -0.1) is 0 Å². The van der Waals surface area contributed by atoms with Crippen molar-refractivity contribution in [2.75, 3.05) is 19.7 Å². The van der Waals surface area contributed by atoms with Crippen LogP contribution in [-0.2, 0) is 11.3 Å². The number of carbonyl (C=O) groups excluding carboxylic acids is 1. The third-order valence-corrected chi connectivity index (χ3v) is 6.49. The third kappa shape index (κ3) is 6.05. The fourth-order valence-corrected chi connectivity index (χ4v) is 4.69. The number of benzene rings is 1. The number of aryl methyl sites for hydroxylation is 1. The second kappa shape index (κ2) is 10.1. The lowest BCUT2D eigenvalue weighted by Crippen LogP contribution is -2.52. The van der Waals surface area contributed by atoms with Gasteiger partial charge in [0.05, 0.1) is 18.2 Å². The van der Waals surface area contributed by atoms with E-state index in [1.54, 1.807) is 4.90 Å². The summed E-state index contributed by atoms with van der Waals surface area (Å²) in [6.45, 7) is 14.4. The number of hydrogen-bond donors (Lipinski definition) is 2. The molecule has 0 saturated carbocycles. The molecule has 2 unspecified atom stereocenters. The smallest absolute Gasteiger partial charge is 0.407 e. The van der Waals surface area contributed by atoms with Crippen molar-refractivity contribution in [3.63, 3.8) is 0 Å². The van der Waals surface area contributed by atoms with Gasteiger partial charge >= 0.3 is 6.09 Å². The van der Waals surface area contributed by atoms with E-state index in [-0.39, 0.29) is 23.5 Å².